The highest BCUT2D eigenvalue weighted by atomic mass is 32.1. The number of thiophene rings is 1. The van der Waals surface area contributed by atoms with Crippen molar-refractivity contribution in [2.24, 2.45) is 0 Å². The number of hydrogen-bond acceptors (Lipinski definition) is 7. The number of nitrogens with zero attached hydrogens (tertiary/aromatic N) is 3. The molecule has 0 aliphatic heterocycles. The molecule has 8 nitrogen and oxygen atoms in total. The number of rotatable bonds is 11. The van der Waals surface area contributed by atoms with Crippen LogP contribution in [0.25, 0.3) is 10.2 Å². The average molecular weight is 459 g/mol. The summed E-state index contributed by atoms with van der Waals surface area (Å²) < 4.78 is 12.8. The normalized spacial score (nSPS) is 10.9. The minimum absolute atomic E-state index is 0.0926. The highest BCUT2D eigenvalue weighted by Crippen LogP contribution is 2.27. The van der Waals surface area contributed by atoms with Crippen LogP contribution in [0.3, 0.4) is 0 Å². The Balaban J connectivity index is 1.64. The second-order valence-corrected chi connectivity index (χ2v) is 8.13. The number of carbonyl (C=O) groups excluding carboxylic acids is 1. The van der Waals surface area contributed by atoms with Gasteiger partial charge in [0.1, 0.15) is 4.70 Å². The summed E-state index contributed by atoms with van der Waals surface area (Å²) in [4.78, 5) is 32.2. The van der Waals surface area contributed by atoms with Crippen molar-refractivity contribution < 1.29 is 14.3 Å². The lowest BCUT2D eigenvalue weighted by atomic mass is 10.1. The topological polar surface area (TPSA) is 85.7 Å². The summed E-state index contributed by atoms with van der Waals surface area (Å²) in [5.41, 5.74) is 1.65. The lowest BCUT2D eigenvalue weighted by molar-refractivity contribution is -0.121. The van der Waals surface area contributed by atoms with E-state index >= 15 is 0 Å². The maximum Gasteiger partial charge on any atom is 0.272 e. The molecule has 172 valence electrons. The van der Waals surface area contributed by atoms with Crippen LogP contribution >= 0.6 is 11.3 Å². The van der Waals surface area contributed by atoms with E-state index in [9.17, 15) is 9.59 Å². The van der Waals surface area contributed by atoms with Crippen molar-refractivity contribution >= 4 is 33.4 Å². The Morgan fingerprint density at radius 2 is 1.91 bits per heavy atom. The third-order valence-electron chi connectivity index (χ3n) is 5.34. The molecule has 0 aliphatic carbocycles. The van der Waals surface area contributed by atoms with Gasteiger partial charge in [0.2, 0.25) is 11.9 Å². The van der Waals surface area contributed by atoms with Crippen LogP contribution in [0.15, 0.2) is 34.4 Å². The molecule has 0 radical (unpaired) electrons. The highest BCUT2D eigenvalue weighted by molar-refractivity contribution is 7.17. The molecule has 0 spiro atoms. The van der Waals surface area contributed by atoms with Gasteiger partial charge in [0, 0.05) is 32.6 Å². The van der Waals surface area contributed by atoms with Gasteiger partial charge in [-0.1, -0.05) is 6.07 Å². The smallest absolute Gasteiger partial charge is 0.272 e. The minimum Gasteiger partial charge on any atom is -0.493 e. The van der Waals surface area contributed by atoms with E-state index in [-0.39, 0.29) is 24.4 Å². The Morgan fingerprint density at radius 3 is 2.59 bits per heavy atom. The maximum atomic E-state index is 13.0. The molecule has 0 unspecified atom stereocenters. The largest absolute Gasteiger partial charge is 0.493 e. The number of nitrogens with one attached hydrogen (secondary N) is 1. The van der Waals surface area contributed by atoms with Crippen LogP contribution < -0.4 is 25.2 Å². The van der Waals surface area contributed by atoms with Crippen LogP contribution in [0, 0.1) is 0 Å². The lowest BCUT2D eigenvalue weighted by Gasteiger charge is -2.23. The standard InChI is InChI=1S/C23H30N4O4S/c1-5-26(6-2)23-25-17-11-14-32-21(17)22(29)27(23)13-10-20(28)24-12-9-16-7-8-18(30-3)19(15-16)31-4/h7-8,11,14-15H,5-6,9-10,12-13H2,1-4H3,(H,24,28). The van der Waals surface area contributed by atoms with Gasteiger partial charge in [-0.15, -0.1) is 11.3 Å². The predicted molar refractivity (Wildman–Crippen MR) is 128 cm³/mol. The summed E-state index contributed by atoms with van der Waals surface area (Å²) >= 11 is 1.38. The van der Waals surface area contributed by atoms with Crippen LogP contribution in [-0.4, -0.2) is 49.3 Å². The van der Waals surface area contributed by atoms with Crippen molar-refractivity contribution in [1.82, 2.24) is 14.9 Å². The SMILES string of the molecule is CCN(CC)c1nc2ccsc2c(=O)n1CCC(=O)NCCc1ccc(OC)c(OC)c1. The molecular formula is C23H30N4O4S. The Bertz CT molecular complexity index is 1120. The monoisotopic (exact) mass is 458 g/mol. The van der Waals surface area contributed by atoms with Crippen molar-refractivity contribution in [1.29, 1.82) is 0 Å². The van der Waals surface area contributed by atoms with Gasteiger partial charge < -0.3 is 19.7 Å². The first kappa shape index (κ1) is 23.6. The number of methoxy groups -OCH3 is 2. The zero-order chi connectivity index (χ0) is 23.1. The quantitative estimate of drug-likeness (QED) is 0.475. The van der Waals surface area contributed by atoms with Gasteiger partial charge in [-0.3, -0.25) is 14.2 Å². The van der Waals surface area contributed by atoms with Crippen molar-refractivity contribution in [2.45, 2.75) is 33.2 Å². The maximum absolute atomic E-state index is 13.0. The molecule has 0 aliphatic rings. The van der Waals surface area contributed by atoms with Crippen LogP contribution in [0.5, 0.6) is 11.5 Å². The molecule has 2 heterocycles. The third-order valence-corrected chi connectivity index (χ3v) is 6.23. The zero-order valence-corrected chi connectivity index (χ0v) is 19.8. The molecule has 0 atom stereocenters. The van der Waals surface area contributed by atoms with Crippen LogP contribution in [0.2, 0.25) is 0 Å². The second-order valence-electron chi connectivity index (χ2n) is 7.22. The molecule has 3 rings (SSSR count). The second kappa shape index (κ2) is 11.0. The zero-order valence-electron chi connectivity index (χ0n) is 19.0. The Kier molecular flexibility index (Phi) is 8.10. The van der Waals surface area contributed by atoms with E-state index in [0.717, 1.165) is 18.7 Å². The minimum atomic E-state index is -0.103. The number of aromatic nitrogens is 2. The number of amides is 1. The van der Waals surface area contributed by atoms with E-state index in [1.807, 2.05) is 48.4 Å². The molecule has 32 heavy (non-hydrogen) atoms. The molecular weight excluding hydrogens is 428 g/mol. The molecule has 0 fully saturated rings. The summed E-state index contributed by atoms with van der Waals surface area (Å²) in [5, 5.41) is 4.81. The Morgan fingerprint density at radius 1 is 1.16 bits per heavy atom. The first-order chi connectivity index (χ1) is 15.5. The summed E-state index contributed by atoms with van der Waals surface area (Å²) in [5.74, 6) is 1.85. The number of fused-ring (bicyclic) bond motifs is 1. The lowest BCUT2D eigenvalue weighted by Crippen LogP contribution is -2.34. The number of hydrogen-bond donors (Lipinski definition) is 1. The molecule has 1 N–H and O–H groups in total. The fraction of sp³-hybridized carbons (Fsp3) is 0.435. The third kappa shape index (κ3) is 5.21. The molecule has 0 saturated carbocycles. The van der Waals surface area contributed by atoms with Gasteiger partial charge in [-0.05, 0) is 49.4 Å². The summed E-state index contributed by atoms with van der Waals surface area (Å²) in [6, 6.07) is 7.57. The summed E-state index contributed by atoms with van der Waals surface area (Å²) in [6.45, 7) is 6.30. The van der Waals surface area contributed by atoms with E-state index in [1.165, 1.54) is 11.3 Å². The molecule has 1 amide bonds. The van der Waals surface area contributed by atoms with Crippen molar-refractivity contribution in [3.05, 3.63) is 45.6 Å². The van der Waals surface area contributed by atoms with E-state index in [1.54, 1.807) is 18.8 Å². The van der Waals surface area contributed by atoms with E-state index < -0.39 is 0 Å². The van der Waals surface area contributed by atoms with E-state index in [4.69, 9.17) is 14.5 Å². The van der Waals surface area contributed by atoms with Crippen LogP contribution in [0.4, 0.5) is 5.95 Å². The molecule has 3 aromatic rings. The van der Waals surface area contributed by atoms with Crippen LogP contribution in [0.1, 0.15) is 25.8 Å². The van der Waals surface area contributed by atoms with Crippen molar-refractivity contribution in [2.75, 3.05) is 38.8 Å². The number of carbonyl (C=O) groups is 1. The average Bonchev–Trinajstić information content (AvgIpc) is 3.28. The summed E-state index contributed by atoms with van der Waals surface area (Å²) in [6.07, 6.45) is 0.873. The van der Waals surface area contributed by atoms with E-state index in [2.05, 4.69) is 5.32 Å². The fourth-order valence-electron chi connectivity index (χ4n) is 3.57. The van der Waals surface area contributed by atoms with E-state index in [0.29, 0.717) is 40.6 Å². The fourth-order valence-corrected chi connectivity index (χ4v) is 4.34. The van der Waals surface area contributed by atoms with Crippen molar-refractivity contribution in [3.63, 3.8) is 0 Å². The first-order valence-corrected chi connectivity index (χ1v) is 11.6. The van der Waals surface area contributed by atoms with Gasteiger partial charge in [0.15, 0.2) is 11.5 Å². The molecule has 1 aromatic carbocycles. The van der Waals surface area contributed by atoms with Gasteiger partial charge in [0.05, 0.1) is 19.7 Å². The molecule has 0 bridgehead atoms. The van der Waals surface area contributed by atoms with Gasteiger partial charge in [-0.25, -0.2) is 4.98 Å². The van der Waals surface area contributed by atoms with Crippen LogP contribution in [-0.2, 0) is 17.8 Å². The summed E-state index contributed by atoms with van der Waals surface area (Å²) in [7, 11) is 3.20. The Hall–Kier alpha value is -3.07. The molecule has 9 heteroatoms. The number of benzene rings is 1. The molecule has 2 aromatic heterocycles. The predicted octanol–water partition coefficient (Wildman–Crippen LogP) is 3.07. The number of ether oxygens (including phenoxy) is 2. The highest BCUT2D eigenvalue weighted by Gasteiger charge is 2.17. The number of anilines is 1. The molecule has 0 saturated heterocycles. The Labute approximate surface area is 191 Å². The first-order valence-electron chi connectivity index (χ1n) is 10.7. The van der Waals surface area contributed by atoms with Crippen molar-refractivity contribution in [3.8, 4) is 11.5 Å². The van der Waals surface area contributed by atoms with Gasteiger partial charge >= 0.3 is 0 Å². The van der Waals surface area contributed by atoms with Gasteiger partial charge in [0.25, 0.3) is 5.56 Å². The van der Waals surface area contributed by atoms with Gasteiger partial charge in [-0.2, -0.15) is 0 Å².